The van der Waals surface area contributed by atoms with Gasteiger partial charge in [-0.3, -0.25) is 29.3 Å². The molecule has 1 N–H and O–H groups in total. The van der Waals surface area contributed by atoms with Crippen molar-refractivity contribution in [3.63, 3.8) is 0 Å². The molecule has 2 saturated heterocycles. The molecule has 0 saturated carbocycles. The number of likely N-dealkylation sites (tertiary alicyclic amines) is 1. The summed E-state index contributed by atoms with van der Waals surface area (Å²) in [7, 11) is 1.87. The van der Waals surface area contributed by atoms with Gasteiger partial charge in [0.1, 0.15) is 11.8 Å². The fourth-order valence-electron chi connectivity index (χ4n) is 5.89. The summed E-state index contributed by atoms with van der Waals surface area (Å²) < 4.78 is 7.99. The predicted octanol–water partition coefficient (Wildman–Crippen LogP) is 1.76. The summed E-state index contributed by atoms with van der Waals surface area (Å²) in [5.74, 6) is -0.0364. The third kappa shape index (κ3) is 3.32. The van der Waals surface area contributed by atoms with Gasteiger partial charge in [0.25, 0.3) is 5.91 Å². The van der Waals surface area contributed by atoms with Crippen LogP contribution in [0.15, 0.2) is 18.3 Å². The number of fused-ring (bicyclic) bond motifs is 4. The van der Waals surface area contributed by atoms with Crippen LogP contribution in [0.3, 0.4) is 0 Å². The molecule has 1 aromatic carbocycles. The lowest BCUT2D eigenvalue weighted by Gasteiger charge is -2.38. The van der Waals surface area contributed by atoms with Gasteiger partial charge in [0, 0.05) is 53.9 Å². The number of hydrogen-bond acceptors (Lipinski definition) is 6. The van der Waals surface area contributed by atoms with Crippen molar-refractivity contribution in [3.05, 3.63) is 45.7 Å². The maximum atomic E-state index is 13.1. The van der Waals surface area contributed by atoms with Crippen molar-refractivity contribution in [2.75, 3.05) is 19.7 Å². The Morgan fingerprint density at radius 2 is 2.03 bits per heavy atom. The molecule has 2 aromatic rings. The zero-order valence-electron chi connectivity index (χ0n) is 19.0. The van der Waals surface area contributed by atoms with E-state index in [4.69, 9.17) is 16.3 Å². The maximum Gasteiger partial charge on any atom is 0.255 e. The molecular formula is C24H26ClN5O4. The van der Waals surface area contributed by atoms with Gasteiger partial charge in [-0.25, -0.2) is 0 Å². The smallest absolute Gasteiger partial charge is 0.255 e. The van der Waals surface area contributed by atoms with E-state index in [1.807, 2.05) is 25.4 Å². The molecule has 1 atom stereocenters. The number of amides is 3. The fraction of sp³-hybridized carbons (Fsp3) is 0.500. The third-order valence-corrected chi connectivity index (χ3v) is 8.11. The van der Waals surface area contributed by atoms with Crippen molar-refractivity contribution < 1.29 is 19.1 Å². The highest BCUT2D eigenvalue weighted by Gasteiger charge is 2.47. The van der Waals surface area contributed by atoms with Crippen LogP contribution in [-0.4, -0.2) is 63.0 Å². The molecule has 1 aromatic heterocycles. The minimum Gasteiger partial charge on any atom is -0.492 e. The normalized spacial score (nSPS) is 23.8. The van der Waals surface area contributed by atoms with E-state index in [0.29, 0.717) is 30.3 Å². The Morgan fingerprint density at radius 3 is 2.74 bits per heavy atom. The summed E-state index contributed by atoms with van der Waals surface area (Å²) in [6.07, 6.45) is 4.49. The lowest BCUT2D eigenvalue weighted by molar-refractivity contribution is -0.136. The summed E-state index contributed by atoms with van der Waals surface area (Å²) in [4.78, 5) is 41.0. The monoisotopic (exact) mass is 483 g/mol. The number of piperidine rings is 2. The number of nitrogens with zero attached hydrogens (tertiary/aromatic N) is 4. The number of carbonyl (C=O) groups is 3. The zero-order valence-corrected chi connectivity index (χ0v) is 19.7. The molecule has 2 fully saturated rings. The molecule has 178 valence electrons. The van der Waals surface area contributed by atoms with Crippen LogP contribution >= 0.6 is 11.6 Å². The van der Waals surface area contributed by atoms with Crippen molar-refractivity contribution in [3.8, 4) is 5.75 Å². The van der Waals surface area contributed by atoms with E-state index in [0.717, 1.165) is 49.4 Å². The number of rotatable bonds is 3. The number of ether oxygens (including phenoxy) is 1. The molecule has 0 aliphatic carbocycles. The molecular weight excluding hydrogens is 458 g/mol. The second-order valence-corrected chi connectivity index (χ2v) is 10.2. The van der Waals surface area contributed by atoms with Crippen molar-refractivity contribution >= 4 is 29.3 Å². The van der Waals surface area contributed by atoms with Crippen molar-refractivity contribution in [2.45, 2.75) is 50.2 Å². The molecule has 4 aliphatic heterocycles. The minimum atomic E-state index is -0.619. The Morgan fingerprint density at radius 1 is 1.24 bits per heavy atom. The Kier molecular flexibility index (Phi) is 4.97. The van der Waals surface area contributed by atoms with Gasteiger partial charge in [0.15, 0.2) is 5.15 Å². The number of halogens is 1. The van der Waals surface area contributed by atoms with Crippen molar-refractivity contribution in [1.82, 2.24) is 24.9 Å². The Labute approximate surface area is 202 Å². The molecule has 10 heteroatoms. The first-order valence-corrected chi connectivity index (χ1v) is 12.1. The predicted molar refractivity (Wildman–Crippen MR) is 122 cm³/mol. The lowest BCUT2D eigenvalue weighted by Crippen LogP contribution is -2.52. The summed E-state index contributed by atoms with van der Waals surface area (Å²) in [5.41, 5.74) is 3.61. The van der Waals surface area contributed by atoms with E-state index in [2.05, 4.69) is 15.3 Å². The number of carbonyl (C=O) groups excluding carboxylic acids is 3. The van der Waals surface area contributed by atoms with Crippen LogP contribution in [0.25, 0.3) is 0 Å². The largest absolute Gasteiger partial charge is 0.492 e. The van der Waals surface area contributed by atoms with E-state index in [1.54, 1.807) is 9.58 Å². The van der Waals surface area contributed by atoms with Gasteiger partial charge >= 0.3 is 0 Å². The second-order valence-electron chi connectivity index (χ2n) is 9.83. The maximum absolute atomic E-state index is 13.1. The van der Waals surface area contributed by atoms with Gasteiger partial charge in [-0.2, -0.15) is 5.10 Å². The lowest BCUT2D eigenvalue weighted by atomic mass is 9.74. The molecule has 9 nitrogen and oxygen atoms in total. The molecule has 6 rings (SSSR count). The first-order valence-electron chi connectivity index (χ1n) is 11.7. The number of aromatic nitrogens is 2. The van der Waals surface area contributed by atoms with Gasteiger partial charge in [0.05, 0.1) is 13.2 Å². The van der Waals surface area contributed by atoms with Gasteiger partial charge in [0.2, 0.25) is 11.8 Å². The molecule has 1 unspecified atom stereocenters. The van der Waals surface area contributed by atoms with Crippen LogP contribution < -0.4 is 10.1 Å². The second kappa shape index (κ2) is 7.81. The number of imide groups is 1. The first kappa shape index (κ1) is 21.6. The van der Waals surface area contributed by atoms with E-state index < -0.39 is 11.9 Å². The van der Waals surface area contributed by atoms with Crippen molar-refractivity contribution in [2.24, 2.45) is 7.05 Å². The van der Waals surface area contributed by atoms with Crippen LogP contribution in [-0.2, 0) is 35.1 Å². The van der Waals surface area contributed by atoms with E-state index >= 15 is 0 Å². The average Bonchev–Trinajstić information content (AvgIpc) is 3.44. The van der Waals surface area contributed by atoms with Crippen LogP contribution in [0.1, 0.15) is 52.7 Å². The first-order chi connectivity index (χ1) is 16.3. The van der Waals surface area contributed by atoms with Crippen LogP contribution in [0.2, 0.25) is 5.15 Å². The van der Waals surface area contributed by atoms with Gasteiger partial charge < -0.3 is 9.64 Å². The summed E-state index contributed by atoms with van der Waals surface area (Å²) in [6.45, 7) is 3.56. The molecule has 34 heavy (non-hydrogen) atoms. The Balaban J connectivity index is 1.20. The minimum absolute atomic E-state index is 0.0648. The van der Waals surface area contributed by atoms with Crippen LogP contribution in [0.4, 0.5) is 0 Å². The van der Waals surface area contributed by atoms with Crippen LogP contribution in [0.5, 0.6) is 5.75 Å². The van der Waals surface area contributed by atoms with Gasteiger partial charge in [-0.1, -0.05) is 17.7 Å². The topological polar surface area (TPSA) is 96.8 Å². The number of benzene rings is 1. The highest BCUT2D eigenvalue weighted by Crippen LogP contribution is 2.49. The van der Waals surface area contributed by atoms with E-state index in [1.165, 1.54) is 5.56 Å². The van der Waals surface area contributed by atoms with Gasteiger partial charge in [-0.05, 0) is 38.4 Å². The summed E-state index contributed by atoms with van der Waals surface area (Å²) >= 11 is 6.25. The quantitative estimate of drug-likeness (QED) is 0.668. The summed E-state index contributed by atoms with van der Waals surface area (Å²) in [6, 6.07) is 3.31. The molecule has 3 amide bonds. The average molecular weight is 484 g/mol. The van der Waals surface area contributed by atoms with E-state index in [-0.39, 0.29) is 23.7 Å². The SMILES string of the molecule is Cn1cc(CN2CCC3(CC2)COc2c3ccc3c2CN(C2CCC(=O)NC2=O)C3=O)c(Cl)n1. The molecule has 0 bridgehead atoms. The number of aryl methyl sites for hydroxylation is 1. The molecule has 1 spiro atoms. The molecule has 5 heterocycles. The standard InChI is InChI=1S/C24H26ClN5O4/c1-28-10-14(21(25)27-28)11-29-8-6-24(7-9-29)13-34-20-16-12-30(18-4-5-19(31)26-22(18)32)23(33)15(16)2-3-17(20)24/h2-3,10,18H,4-9,11-13H2,1H3,(H,26,31,32). The highest BCUT2D eigenvalue weighted by molar-refractivity contribution is 6.30. The number of hydrogen-bond donors (Lipinski definition) is 1. The summed E-state index contributed by atoms with van der Waals surface area (Å²) in [5, 5.41) is 7.14. The van der Waals surface area contributed by atoms with Crippen molar-refractivity contribution in [1.29, 1.82) is 0 Å². The van der Waals surface area contributed by atoms with Gasteiger partial charge in [-0.15, -0.1) is 0 Å². The third-order valence-electron chi connectivity index (χ3n) is 7.79. The zero-order chi connectivity index (χ0) is 23.6. The fourth-order valence-corrected chi connectivity index (χ4v) is 6.12. The molecule has 0 radical (unpaired) electrons. The molecule has 4 aliphatic rings. The van der Waals surface area contributed by atoms with E-state index in [9.17, 15) is 14.4 Å². The van der Waals surface area contributed by atoms with Crippen LogP contribution in [0, 0.1) is 0 Å². The number of nitrogens with one attached hydrogen (secondary N) is 1. The Hall–Kier alpha value is -2.91. The Bertz CT molecular complexity index is 1220. The highest BCUT2D eigenvalue weighted by atomic mass is 35.5.